The van der Waals surface area contributed by atoms with Crippen molar-refractivity contribution in [3.05, 3.63) is 30.1 Å². The molecule has 3 nitrogen and oxygen atoms in total. The van der Waals surface area contributed by atoms with Crippen molar-refractivity contribution in [1.29, 1.82) is 0 Å². The summed E-state index contributed by atoms with van der Waals surface area (Å²) < 4.78 is 0. The molecule has 0 saturated heterocycles. The zero-order valence-electron chi connectivity index (χ0n) is 7.19. The number of carboxylic acids is 1. The minimum Gasteiger partial charge on any atom is -0.481 e. The van der Waals surface area contributed by atoms with Gasteiger partial charge in [0.2, 0.25) is 0 Å². The van der Waals surface area contributed by atoms with Crippen LogP contribution in [-0.4, -0.2) is 16.1 Å². The first-order chi connectivity index (χ1) is 5.22. The molecule has 1 aromatic heterocycles. The van der Waals surface area contributed by atoms with Crippen molar-refractivity contribution < 1.29 is 9.90 Å². The van der Waals surface area contributed by atoms with Gasteiger partial charge in [-0.2, -0.15) is 27.0 Å². The Bertz CT molecular complexity index is 254. The fourth-order valence-corrected chi connectivity index (χ4v) is 0.759. The van der Waals surface area contributed by atoms with E-state index in [-0.39, 0.29) is 27.0 Å². The standard InChI is InChI=1S/C8H9NO2.2H2S/c1-6(8(10)11)7-4-2-3-5-9-7;;/h2-6H,1H3,(H,10,11);2*1H2. The largest absolute Gasteiger partial charge is 0.481 e. The second kappa shape index (κ2) is 6.80. The fourth-order valence-electron chi connectivity index (χ4n) is 0.759. The third-order valence-electron chi connectivity index (χ3n) is 1.50. The van der Waals surface area contributed by atoms with Crippen molar-refractivity contribution in [2.75, 3.05) is 0 Å². The molecule has 0 aliphatic carbocycles. The zero-order chi connectivity index (χ0) is 8.27. The predicted molar refractivity (Wildman–Crippen MR) is 61.0 cm³/mol. The van der Waals surface area contributed by atoms with E-state index in [1.54, 1.807) is 31.3 Å². The maximum atomic E-state index is 10.5. The first kappa shape index (κ1) is 14.8. The van der Waals surface area contributed by atoms with Crippen LogP contribution < -0.4 is 0 Å². The van der Waals surface area contributed by atoms with E-state index in [4.69, 9.17) is 5.11 Å². The number of aliphatic carboxylic acids is 1. The molecule has 0 aliphatic heterocycles. The van der Waals surface area contributed by atoms with Crippen LogP contribution in [0.3, 0.4) is 0 Å². The second-order valence-corrected chi connectivity index (χ2v) is 2.31. The van der Waals surface area contributed by atoms with Crippen molar-refractivity contribution in [1.82, 2.24) is 4.98 Å². The highest BCUT2D eigenvalue weighted by Gasteiger charge is 2.13. The quantitative estimate of drug-likeness (QED) is 0.820. The molecule has 1 unspecified atom stereocenters. The van der Waals surface area contributed by atoms with Crippen molar-refractivity contribution in [2.24, 2.45) is 0 Å². The second-order valence-electron chi connectivity index (χ2n) is 2.31. The number of carbonyl (C=O) groups is 1. The van der Waals surface area contributed by atoms with Crippen LogP contribution >= 0.6 is 27.0 Å². The summed E-state index contributed by atoms with van der Waals surface area (Å²) in [7, 11) is 0. The number of hydrogen-bond donors (Lipinski definition) is 1. The van der Waals surface area contributed by atoms with Crippen LogP contribution in [-0.2, 0) is 4.79 Å². The molecule has 0 spiro atoms. The number of carboxylic acid groups (broad SMARTS) is 1. The number of aromatic nitrogens is 1. The Morgan fingerprint density at radius 3 is 2.46 bits per heavy atom. The van der Waals surface area contributed by atoms with Gasteiger partial charge in [0.15, 0.2) is 0 Å². The van der Waals surface area contributed by atoms with Crippen molar-refractivity contribution >= 4 is 33.0 Å². The van der Waals surface area contributed by atoms with Gasteiger partial charge < -0.3 is 5.11 Å². The SMILES string of the molecule is CC(C(=O)O)c1ccccn1.S.S. The molecule has 1 heterocycles. The van der Waals surface area contributed by atoms with Crippen molar-refractivity contribution in [3.8, 4) is 0 Å². The van der Waals surface area contributed by atoms with Gasteiger partial charge in [-0.1, -0.05) is 6.07 Å². The van der Waals surface area contributed by atoms with E-state index in [9.17, 15) is 4.79 Å². The fraction of sp³-hybridized carbons (Fsp3) is 0.250. The molecule has 0 fully saturated rings. The molecule has 1 N–H and O–H groups in total. The van der Waals surface area contributed by atoms with Gasteiger partial charge in [0.1, 0.15) is 0 Å². The third kappa shape index (κ3) is 4.19. The Kier molecular flexibility index (Phi) is 7.75. The average molecular weight is 219 g/mol. The van der Waals surface area contributed by atoms with Gasteiger partial charge >= 0.3 is 5.97 Å². The van der Waals surface area contributed by atoms with Gasteiger partial charge in [0, 0.05) is 6.20 Å². The average Bonchev–Trinajstić information content (AvgIpc) is 2.05. The summed E-state index contributed by atoms with van der Waals surface area (Å²) in [5, 5.41) is 8.60. The summed E-state index contributed by atoms with van der Waals surface area (Å²) in [5.41, 5.74) is 0.597. The highest BCUT2D eigenvalue weighted by atomic mass is 32.1. The molecule has 0 radical (unpaired) electrons. The maximum absolute atomic E-state index is 10.5. The summed E-state index contributed by atoms with van der Waals surface area (Å²) in [5.74, 6) is -1.36. The van der Waals surface area contributed by atoms with E-state index < -0.39 is 11.9 Å². The normalized spacial score (nSPS) is 10.5. The van der Waals surface area contributed by atoms with Gasteiger partial charge in [-0.3, -0.25) is 9.78 Å². The Morgan fingerprint density at radius 2 is 2.08 bits per heavy atom. The molecule has 0 aromatic carbocycles. The molecular weight excluding hydrogens is 206 g/mol. The van der Waals surface area contributed by atoms with Crippen molar-refractivity contribution in [3.63, 3.8) is 0 Å². The highest BCUT2D eigenvalue weighted by molar-refractivity contribution is 7.59. The summed E-state index contributed by atoms with van der Waals surface area (Å²) in [6.07, 6.45) is 1.59. The van der Waals surface area contributed by atoms with E-state index >= 15 is 0 Å². The van der Waals surface area contributed by atoms with Crippen LogP contribution in [0.25, 0.3) is 0 Å². The van der Waals surface area contributed by atoms with Crippen LogP contribution in [0, 0.1) is 0 Å². The van der Waals surface area contributed by atoms with Gasteiger partial charge in [0.05, 0.1) is 11.6 Å². The highest BCUT2D eigenvalue weighted by Crippen LogP contribution is 2.10. The molecule has 0 bridgehead atoms. The lowest BCUT2D eigenvalue weighted by Crippen LogP contribution is -2.08. The molecule has 0 saturated carbocycles. The van der Waals surface area contributed by atoms with E-state index in [1.165, 1.54) is 0 Å². The van der Waals surface area contributed by atoms with Crippen LogP contribution in [0.1, 0.15) is 18.5 Å². The number of rotatable bonds is 2. The third-order valence-corrected chi connectivity index (χ3v) is 1.50. The van der Waals surface area contributed by atoms with E-state index in [1.807, 2.05) is 0 Å². The van der Waals surface area contributed by atoms with Crippen LogP contribution in [0.5, 0.6) is 0 Å². The predicted octanol–water partition coefficient (Wildman–Crippen LogP) is 1.50. The first-order valence-electron chi connectivity index (χ1n) is 3.35. The molecule has 1 rings (SSSR count). The van der Waals surface area contributed by atoms with Gasteiger partial charge in [-0.05, 0) is 19.1 Å². The van der Waals surface area contributed by atoms with Gasteiger partial charge in [-0.15, -0.1) is 0 Å². The summed E-state index contributed by atoms with van der Waals surface area (Å²) in [6, 6.07) is 5.25. The maximum Gasteiger partial charge on any atom is 0.312 e. The van der Waals surface area contributed by atoms with Crippen LogP contribution in [0.15, 0.2) is 24.4 Å². The Balaban J connectivity index is 0. The first-order valence-corrected chi connectivity index (χ1v) is 3.35. The minimum absolute atomic E-state index is 0. The molecule has 1 aromatic rings. The lowest BCUT2D eigenvalue weighted by atomic mass is 10.1. The Hall–Kier alpha value is -0.680. The summed E-state index contributed by atoms with van der Waals surface area (Å²) in [6.45, 7) is 1.62. The molecule has 0 amide bonds. The van der Waals surface area contributed by atoms with Gasteiger partial charge in [-0.25, -0.2) is 0 Å². The van der Waals surface area contributed by atoms with Gasteiger partial charge in [0.25, 0.3) is 0 Å². The molecule has 74 valence electrons. The number of pyridine rings is 1. The topological polar surface area (TPSA) is 50.2 Å². The summed E-state index contributed by atoms with van der Waals surface area (Å²) >= 11 is 0. The van der Waals surface area contributed by atoms with E-state index in [2.05, 4.69) is 4.98 Å². The molecule has 5 heteroatoms. The van der Waals surface area contributed by atoms with E-state index in [0.29, 0.717) is 5.69 Å². The molecule has 0 aliphatic rings. The summed E-state index contributed by atoms with van der Waals surface area (Å²) in [4.78, 5) is 14.4. The monoisotopic (exact) mass is 219 g/mol. The van der Waals surface area contributed by atoms with E-state index in [0.717, 1.165) is 0 Å². The van der Waals surface area contributed by atoms with Crippen LogP contribution in [0.2, 0.25) is 0 Å². The Labute approximate surface area is 91.1 Å². The smallest absolute Gasteiger partial charge is 0.312 e. The molecule has 1 atom stereocenters. The minimum atomic E-state index is -0.844. The Morgan fingerprint density at radius 1 is 1.46 bits per heavy atom. The number of hydrogen-bond acceptors (Lipinski definition) is 2. The zero-order valence-corrected chi connectivity index (χ0v) is 9.19. The number of nitrogens with zero attached hydrogens (tertiary/aromatic N) is 1. The lowest BCUT2D eigenvalue weighted by molar-refractivity contribution is -0.138. The molecule has 13 heavy (non-hydrogen) atoms. The lowest BCUT2D eigenvalue weighted by Gasteiger charge is -2.02. The van der Waals surface area contributed by atoms with Crippen LogP contribution in [0.4, 0.5) is 0 Å². The molecular formula is C8H13NO2S2. The van der Waals surface area contributed by atoms with Crippen molar-refractivity contribution in [2.45, 2.75) is 12.8 Å².